The number of carboxylic acid groups (broad SMARTS) is 1. The van der Waals surface area contributed by atoms with Crippen molar-refractivity contribution in [3.8, 4) is 39.7 Å². The van der Waals surface area contributed by atoms with Crippen LogP contribution in [-0.2, 0) is 25.5 Å². The number of H-pyrrole nitrogens is 1. The first-order valence-electron chi connectivity index (χ1n) is 17.9. The Bertz CT molecular complexity index is 2030. The molecule has 1 amide bonds. The maximum absolute atomic E-state index is 12.8. The SMILES string of the molecule is CCCCCc1ccc(C(C)NC(=O)C=Cc2ccc(-c3[nH]c(-c4ccc(C=CC(=O)OCC)cc4)nc3-c3ccc(OCC(=O)O)cc3)cc2)cc1. The minimum atomic E-state index is -1.05. The lowest BCUT2D eigenvalue weighted by Crippen LogP contribution is -2.24. The number of imidazole rings is 1. The number of benzene rings is 4. The highest BCUT2D eigenvalue weighted by Crippen LogP contribution is 2.34. The van der Waals surface area contributed by atoms with Gasteiger partial charge in [-0.25, -0.2) is 14.6 Å². The van der Waals surface area contributed by atoms with Gasteiger partial charge in [0.05, 0.1) is 24.0 Å². The van der Waals surface area contributed by atoms with Crippen LogP contribution in [0.15, 0.2) is 109 Å². The Morgan fingerprint density at radius 1 is 0.792 bits per heavy atom. The van der Waals surface area contributed by atoms with Gasteiger partial charge in [-0.3, -0.25) is 4.79 Å². The molecule has 1 heterocycles. The number of carboxylic acids is 1. The predicted octanol–water partition coefficient (Wildman–Crippen LogP) is 9.07. The van der Waals surface area contributed by atoms with Crippen LogP contribution in [0.2, 0.25) is 0 Å². The molecule has 1 atom stereocenters. The molecule has 53 heavy (non-hydrogen) atoms. The summed E-state index contributed by atoms with van der Waals surface area (Å²) < 4.78 is 10.3. The number of carbonyl (C=O) groups is 3. The third-order valence-electron chi connectivity index (χ3n) is 8.61. The van der Waals surface area contributed by atoms with E-state index in [0.717, 1.165) is 45.5 Å². The molecule has 5 aromatic rings. The van der Waals surface area contributed by atoms with E-state index in [0.29, 0.717) is 23.9 Å². The van der Waals surface area contributed by atoms with Crippen molar-refractivity contribution < 1.29 is 29.0 Å². The second kappa shape index (κ2) is 18.9. The highest BCUT2D eigenvalue weighted by atomic mass is 16.5. The number of ether oxygens (including phenoxy) is 2. The van der Waals surface area contributed by atoms with E-state index in [2.05, 4.69) is 41.5 Å². The fraction of sp³-hybridized carbons (Fsp3) is 0.227. The molecule has 272 valence electrons. The van der Waals surface area contributed by atoms with E-state index in [1.807, 2.05) is 67.6 Å². The monoisotopic (exact) mass is 711 g/mol. The maximum atomic E-state index is 12.8. The van der Waals surface area contributed by atoms with Gasteiger partial charge < -0.3 is 24.9 Å². The first-order valence-corrected chi connectivity index (χ1v) is 17.9. The third kappa shape index (κ3) is 11.1. The van der Waals surface area contributed by atoms with Gasteiger partial charge >= 0.3 is 11.9 Å². The van der Waals surface area contributed by atoms with Crippen LogP contribution in [0.1, 0.15) is 68.3 Å². The summed E-state index contributed by atoms with van der Waals surface area (Å²) in [6.07, 6.45) is 11.1. The lowest BCUT2D eigenvalue weighted by atomic mass is 10.0. The highest BCUT2D eigenvalue weighted by Gasteiger charge is 2.16. The van der Waals surface area contributed by atoms with Crippen molar-refractivity contribution in [1.29, 1.82) is 0 Å². The van der Waals surface area contributed by atoms with Gasteiger partial charge in [0.2, 0.25) is 5.91 Å². The summed E-state index contributed by atoms with van der Waals surface area (Å²) in [7, 11) is 0. The largest absolute Gasteiger partial charge is 0.482 e. The number of aromatic nitrogens is 2. The third-order valence-corrected chi connectivity index (χ3v) is 8.61. The average Bonchev–Trinajstić information content (AvgIpc) is 3.62. The van der Waals surface area contributed by atoms with Crippen LogP contribution in [0, 0.1) is 0 Å². The first kappa shape index (κ1) is 38.0. The topological polar surface area (TPSA) is 131 Å². The molecule has 3 N–H and O–H groups in total. The summed E-state index contributed by atoms with van der Waals surface area (Å²) in [5.41, 5.74) is 8.09. The number of hydrogen-bond donors (Lipinski definition) is 3. The van der Waals surface area contributed by atoms with Crippen molar-refractivity contribution in [2.24, 2.45) is 0 Å². The minimum absolute atomic E-state index is 0.123. The molecule has 0 aliphatic rings. The van der Waals surface area contributed by atoms with Crippen molar-refractivity contribution in [3.63, 3.8) is 0 Å². The van der Waals surface area contributed by atoms with Crippen molar-refractivity contribution in [2.75, 3.05) is 13.2 Å². The van der Waals surface area contributed by atoms with Gasteiger partial charge in [-0.1, -0.05) is 92.6 Å². The molecule has 0 saturated carbocycles. The lowest BCUT2D eigenvalue weighted by Gasteiger charge is -2.13. The number of aliphatic carboxylic acids is 1. The molecule has 9 nitrogen and oxygen atoms in total. The number of aryl methyl sites for hydroxylation is 1. The van der Waals surface area contributed by atoms with Gasteiger partial charge in [-0.15, -0.1) is 0 Å². The standard InChI is InChI=1S/C44H45N3O6/c1-4-6-7-8-31-9-17-34(18-10-31)30(3)45-39(48)27-15-32-11-19-35(20-12-32)42-43(36-23-25-38(26-24-36)53-29-40(49)50)47-44(46-42)37-21-13-33(14-22-37)16-28-41(51)52-5-2/h9-28,30H,4-8,29H2,1-3H3,(H,45,48)(H,46,47)(H,49,50). The van der Waals surface area contributed by atoms with E-state index in [9.17, 15) is 14.4 Å². The van der Waals surface area contributed by atoms with Crippen molar-refractivity contribution in [3.05, 3.63) is 131 Å². The number of unbranched alkanes of at least 4 members (excludes halogenated alkanes) is 2. The maximum Gasteiger partial charge on any atom is 0.341 e. The van der Waals surface area contributed by atoms with E-state index < -0.39 is 18.5 Å². The van der Waals surface area contributed by atoms with Crippen LogP contribution in [0.3, 0.4) is 0 Å². The summed E-state index contributed by atoms with van der Waals surface area (Å²) in [5, 5.41) is 12.0. The number of rotatable bonds is 17. The molecule has 1 aromatic heterocycles. The Morgan fingerprint density at radius 2 is 1.42 bits per heavy atom. The molecular weight excluding hydrogens is 666 g/mol. The summed E-state index contributed by atoms with van der Waals surface area (Å²) in [4.78, 5) is 44.0. The van der Waals surface area contributed by atoms with Crippen LogP contribution in [0.25, 0.3) is 46.1 Å². The Morgan fingerprint density at radius 3 is 2.04 bits per heavy atom. The molecule has 5 rings (SSSR count). The summed E-state index contributed by atoms with van der Waals surface area (Å²) in [6.45, 7) is 5.83. The molecule has 0 saturated heterocycles. The number of aromatic amines is 1. The van der Waals surface area contributed by atoms with Crippen LogP contribution >= 0.6 is 0 Å². The van der Waals surface area contributed by atoms with E-state index in [-0.39, 0.29) is 11.9 Å². The zero-order valence-corrected chi connectivity index (χ0v) is 30.3. The number of carbonyl (C=O) groups excluding carboxylic acids is 2. The van der Waals surface area contributed by atoms with Gasteiger partial charge in [0.25, 0.3) is 0 Å². The number of amides is 1. The van der Waals surface area contributed by atoms with Crippen molar-refractivity contribution in [1.82, 2.24) is 15.3 Å². The molecule has 0 aliphatic heterocycles. The van der Waals surface area contributed by atoms with E-state index in [4.69, 9.17) is 19.6 Å². The fourth-order valence-electron chi connectivity index (χ4n) is 5.72. The molecule has 0 spiro atoms. The van der Waals surface area contributed by atoms with Gasteiger partial charge in [0.1, 0.15) is 11.6 Å². The van der Waals surface area contributed by atoms with E-state index in [1.54, 1.807) is 37.3 Å². The summed E-state index contributed by atoms with van der Waals surface area (Å²) in [5.74, 6) is -0.548. The number of nitrogens with one attached hydrogen (secondary N) is 2. The summed E-state index contributed by atoms with van der Waals surface area (Å²) in [6, 6.07) is 30.9. The first-order chi connectivity index (χ1) is 25.7. The van der Waals surface area contributed by atoms with Crippen LogP contribution in [-0.4, -0.2) is 46.1 Å². The van der Waals surface area contributed by atoms with Crippen molar-refractivity contribution >= 4 is 30.0 Å². The molecule has 0 fully saturated rings. The van der Waals surface area contributed by atoms with Gasteiger partial charge in [0, 0.05) is 28.8 Å². The predicted molar refractivity (Wildman–Crippen MR) is 209 cm³/mol. The molecule has 0 aliphatic carbocycles. The Kier molecular flexibility index (Phi) is 13.5. The van der Waals surface area contributed by atoms with Crippen LogP contribution in [0.4, 0.5) is 0 Å². The molecule has 1 unspecified atom stereocenters. The smallest absolute Gasteiger partial charge is 0.341 e. The number of hydrogen-bond acceptors (Lipinski definition) is 6. The Balaban J connectivity index is 1.32. The van der Waals surface area contributed by atoms with Gasteiger partial charge in [-0.05, 0) is 85.4 Å². The minimum Gasteiger partial charge on any atom is -0.482 e. The quantitative estimate of drug-likeness (QED) is 0.0498. The molecule has 0 radical (unpaired) electrons. The van der Waals surface area contributed by atoms with E-state index in [1.165, 1.54) is 30.9 Å². The van der Waals surface area contributed by atoms with Crippen LogP contribution < -0.4 is 10.1 Å². The van der Waals surface area contributed by atoms with E-state index >= 15 is 0 Å². The molecule has 0 bridgehead atoms. The number of nitrogens with zero attached hydrogens (tertiary/aromatic N) is 1. The Labute approximate surface area is 310 Å². The second-order valence-electron chi connectivity index (χ2n) is 12.6. The molecular formula is C44H45N3O6. The zero-order chi connectivity index (χ0) is 37.6. The highest BCUT2D eigenvalue weighted by molar-refractivity contribution is 5.92. The second-order valence-corrected chi connectivity index (χ2v) is 12.6. The van der Waals surface area contributed by atoms with Crippen molar-refractivity contribution in [2.45, 2.75) is 52.5 Å². The van der Waals surface area contributed by atoms with Gasteiger partial charge in [-0.2, -0.15) is 0 Å². The lowest BCUT2D eigenvalue weighted by molar-refractivity contribution is -0.139. The number of esters is 1. The fourth-order valence-corrected chi connectivity index (χ4v) is 5.72. The van der Waals surface area contributed by atoms with Crippen LogP contribution in [0.5, 0.6) is 5.75 Å². The zero-order valence-electron chi connectivity index (χ0n) is 30.3. The molecule has 9 heteroatoms. The average molecular weight is 712 g/mol. The Hall–Kier alpha value is -6.22. The summed E-state index contributed by atoms with van der Waals surface area (Å²) >= 11 is 0. The normalized spacial score (nSPS) is 11.8. The van der Waals surface area contributed by atoms with Gasteiger partial charge in [0.15, 0.2) is 6.61 Å². The molecule has 4 aromatic carbocycles.